The van der Waals surface area contributed by atoms with Gasteiger partial charge in [-0.05, 0) is 48.8 Å². The topological polar surface area (TPSA) is 134 Å². The third-order valence-electron chi connectivity index (χ3n) is 5.87. The molecule has 1 N–H and O–H groups in total. The molecule has 198 valence electrons. The van der Waals surface area contributed by atoms with Gasteiger partial charge in [-0.3, -0.25) is 14.3 Å². The van der Waals surface area contributed by atoms with Gasteiger partial charge >= 0.3 is 17.3 Å². The van der Waals surface area contributed by atoms with Crippen molar-refractivity contribution in [2.75, 3.05) is 7.11 Å². The van der Waals surface area contributed by atoms with Crippen LogP contribution in [0.3, 0.4) is 0 Å². The predicted molar refractivity (Wildman–Crippen MR) is 134 cm³/mol. The van der Waals surface area contributed by atoms with E-state index in [1.54, 1.807) is 38.1 Å². The fourth-order valence-electron chi connectivity index (χ4n) is 3.63. The number of methoxy groups -OCH3 is 1. The van der Waals surface area contributed by atoms with Crippen LogP contribution in [0.1, 0.15) is 25.5 Å². The Labute approximate surface area is 219 Å². The number of hydrogen-bond donors (Lipinski definition) is 1. The fraction of sp³-hybridized carbons (Fsp3) is 0.240. The van der Waals surface area contributed by atoms with Gasteiger partial charge in [-0.2, -0.15) is 0 Å². The Morgan fingerprint density at radius 2 is 1.92 bits per heavy atom. The third-order valence-corrected chi connectivity index (χ3v) is 6.12. The molecule has 0 saturated heterocycles. The minimum Gasteiger partial charge on any atom is -0.469 e. The van der Waals surface area contributed by atoms with E-state index in [1.165, 1.54) is 36.1 Å². The number of nitrogens with zero attached hydrogens (tertiary/aromatic N) is 4. The Bertz CT molecular complexity index is 1630. The Balaban J connectivity index is 1.82. The molecule has 0 aliphatic heterocycles. The summed E-state index contributed by atoms with van der Waals surface area (Å²) in [7, 11) is 1.22. The Morgan fingerprint density at radius 3 is 2.55 bits per heavy atom. The summed E-state index contributed by atoms with van der Waals surface area (Å²) in [5.41, 5.74) is -0.868. The van der Waals surface area contributed by atoms with E-state index >= 15 is 0 Å². The molecule has 0 radical (unpaired) electrons. The zero-order chi connectivity index (χ0) is 27.4. The minimum atomic E-state index is -0.838. The Hall–Kier alpha value is -4.45. The predicted octanol–water partition coefficient (Wildman–Crippen LogP) is 3.56. The normalized spacial score (nSPS) is 13.2. The molecule has 4 rings (SSSR count). The van der Waals surface area contributed by atoms with E-state index in [9.17, 15) is 18.8 Å². The quantitative estimate of drug-likeness (QED) is 0.336. The first kappa shape index (κ1) is 26.6. The first-order chi connectivity index (χ1) is 18.2. The van der Waals surface area contributed by atoms with E-state index in [2.05, 4.69) is 19.7 Å². The molecule has 13 heteroatoms. The summed E-state index contributed by atoms with van der Waals surface area (Å²) >= 11 is 5.99. The molecule has 0 aliphatic rings. The SMILES string of the molecule is COC(=O)[C@H](C)[C@H](C)n1c(=O)[nH]/c(=N\c2ccc(Oc3ccon3)c(F)c2)n(Cc2ccc(Cl)cc2)c1=O. The monoisotopic (exact) mass is 543 g/mol. The highest BCUT2D eigenvalue weighted by Crippen LogP contribution is 2.26. The van der Waals surface area contributed by atoms with E-state index < -0.39 is 35.1 Å². The fourth-order valence-corrected chi connectivity index (χ4v) is 3.76. The standard InChI is InChI=1S/C25H23ClFN5O6/c1-14(22(33)36-3)15(2)32-24(34)29-23(31(25(32)35)13-16-4-6-17(26)7-5-16)28-18-8-9-20(19(27)12-18)38-21-10-11-37-30-21/h4-12,14-15H,13H2,1-3H3,(H,28,29,34)/t14-,15+/m1/s1. The van der Waals surface area contributed by atoms with Crippen molar-refractivity contribution in [1.29, 1.82) is 0 Å². The largest absolute Gasteiger partial charge is 0.469 e. The molecule has 0 spiro atoms. The van der Waals surface area contributed by atoms with Gasteiger partial charge in [0, 0.05) is 17.2 Å². The molecule has 0 unspecified atom stereocenters. The average Bonchev–Trinajstić information content (AvgIpc) is 3.41. The lowest BCUT2D eigenvalue weighted by molar-refractivity contribution is -0.146. The summed E-state index contributed by atoms with van der Waals surface area (Å²) in [6.07, 6.45) is 1.28. The zero-order valence-corrected chi connectivity index (χ0v) is 21.3. The number of ether oxygens (including phenoxy) is 2. The van der Waals surface area contributed by atoms with Crippen LogP contribution in [0, 0.1) is 11.7 Å². The Kier molecular flexibility index (Phi) is 7.91. The molecule has 2 aromatic carbocycles. The molecule has 0 saturated carbocycles. The van der Waals surface area contributed by atoms with Crippen LogP contribution in [0.5, 0.6) is 11.6 Å². The van der Waals surface area contributed by atoms with E-state index in [-0.39, 0.29) is 29.5 Å². The second-order valence-corrected chi connectivity index (χ2v) is 8.77. The van der Waals surface area contributed by atoms with Crippen LogP contribution in [-0.2, 0) is 16.1 Å². The summed E-state index contributed by atoms with van der Waals surface area (Å²) in [5, 5.41) is 4.07. The van der Waals surface area contributed by atoms with Crippen LogP contribution in [-0.4, -0.2) is 32.4 Å². The minimum absolute atomic E-state index is 0.000770. The second kappa shape index (κ2) is 11.3. The van der Waals surface area contributed by atoms with Gasteiger partial charge in [0.1, 0.15) is 6.26 Å². The number of carbonyl (C=O) groups excluding carboxylic acids is 1. The van der Waals surface area contributed by atoms with Crippen molar-refractivity contribution in [1.82, 2.24) is 19.3 Å². The van der Waals surface area contributed by atoms with Crippen molar-refractivity contribution in [3.05, 3.63) is 97.8 Å². The van der Waals surface area contributed by atoms with Gasteiger partial charge in [-0.25, -0.2) is 23.5 Å². The molecule has 11 nitrogen and oxygen atoms in total. The van der Waals surface area contributed by atoms with Crippen LogP contribution >= 0.6 is 11.6 Å². The molecule has 2 aromatic heterocycles. The number of esters is 1. The number of nitrogens with one attached hydrogen (secondary N) is 1. The van der Waals surface area contributed by atoms with E-state index in [0.29, 0.717) is 10.6 Å². The van der Waals surface area contributed by atoms with Gasteiger partial charge in [0.05, 0.1) is 31.3 Å². The van der Waals surface area contributed by atoms with Gasteiger partial charge < -0.3 is 14.0 Å². The average molecular weight is 544 g/mol. The van der Waals surface area contributed by atoms with E-state index in [4.69, 9.17) is 21.1 Å². The van der Waals surface area contributed by atoms with E-state index in [1.807, 2.05) is 0 Å². The number of carbonyl (C=O) groups is 1. The van der Waals surface area contributed by atoms with Crippen molar-refractivity contribution in [3.8, 4) is 11.6 Å². The molecule has 2 atom stereocenters. The van der Waals surface area contributed by atoms with Gasteiger partial charge in [0.25, 0.3) is 5.88 Å². The first-order valence-corrected chi connectivity index (χ1v) is 11.8. The summed E-state index contributed by atoms with van der Waals surface area (Å²) in [5.74, 6) is -2.18. The molecule has 0 amide bonds. The first-order valence-electron chi connectivity index (χ1n) is 11.4. The van der Waals surface area contributed by atoms with Gasteiger partial charge in [0.15, 0.2) is 11.6 Å². The summed E-state index contributed by atoms with van der Waals surface area (Å²) < 4.78 is 31.6. The zero-order valence-electron chi connectivity index (χ0n) is 20.6. The van der Waals surface area contributed by atoms with Crippen molar-refractivity contribution in [3.63, 3.8) is 0 Å². The highest BCUT2D eigenvalue weighted by molar-refractivity contribution is 6.30. The molecule has 0 aliphatic carbocycles. The van der Waals surface area contributed by atoms with Gasteiger partial charge in [-0.1, -0.05) is 23.7 Å². The maximum absolute atomic E-state index is 14.7. The molecule has 0 fully saturated rings. The Morgan fingerprint density at radius 1 is 1.18 bits per heavy atom. The molecule has 38 heavy (non-hydrogen) atoms. The third kappa shape index (κ3) is 5.75. The van der Waals surface area contributed by atoms with Crippen LogP contribution in [0.2, 0.25) is 5.02 Å². The highest BCUT2D eigenvalue weighted by Gasteiger charge is 2.26. The van der Waals surface area contributed by atoms with E-state index in [0.717, 1.165) is 10.6 Å². The number of benzene rings is 2. The maximum Gasteiger partial charge on any atom is 0.335 e. The van der Waals surface area contributed by atoms with Crippen LogP contribution < -0.4 is 21.7 Å². The molecule has 2 heterocycles. The van der Waals surface area contributed by atoms with Crippen molar-refractivity contribution in [2.24, 2.45) is 10.9 Å². The maximum atomic E-state index is 14.7. The summed E-state index contributed by atoms with van der Waals surface area (Å²) in [4.78, 5) is 45.6. The van der Waals surface area contributed by atoms with Crippen molar-refractivity contribution >= 4 is 23.3 Å². The van der Waals surface area contributed by atoms with Crippen molar-refractivity contribution < 1.29 is 23.2 Å². The second-order valence-electron chi connectivity index (χ2n) is 8.34. The van der Waals surface area contributed by atoms with Gasteiger partial charge in [-0.15, -0.1) is 0 Å². The van der Waals surface area contributed by atoms with Crippen LogP contribution in [0.15, 0.2) is 73.9 Å². The van der Waals surface area contributed by atoms with Crippen molar-refractivity contribution in [2.45, 2.75) is 26.4 Å². The number of aromatic amines is 1. The number of hydrogen-bond acceptors (Lipinski definition) is 8. The number of H-pyrrole nitrogens is 1. The highest BCUT2D eigenvalue weighted by atomic mass is 35.5. The number of aromatic nitrogens is 4. The smallest absolute Gasteiger partial charge is 0.335 e. The molecule has 4 aromatic rings. The van der Waals surface area contributed by atoms with Crippen LogP contribution in [0.4, 0.5) is 10.1 Å². The molecular formula is C25H23ClFN5O6. The van der Waals surface area contributed by atoms with Crippen LogP contribution in [0.25, 0.3) is 0 Å². The lowest BCUT2D eigenvalue weighted by Gasteiger charge is -2.20. The lowest BCUT2D eigenvalue weighted by atomic mass is 10.0. The molecular weight excluding hydrogens is 521 g/mol. The number of halogens is 2. The van der Waals surface area contributed by atoms with Gasteiger partial charge in [0.2, 0.25) is 5.62 Å². The summed E-state index contributed by atoms with van der Waals surface area (Å²) in [6, 6.07) is 11.2. The number of rotatable bonds is 8. The lowest BCUT2D eigenvalue weighted by Crippen LogP contribution is -2.52. The summed E-state index contributed by atoms with van der Waals surface area (Å²) in [6.45, 7) is 3.11. The molecule has 0 bridgehead atoms.